The van der Waals surface area contributed by atoms with Gasteiger partial charge < -0.3 is 35.8 Å². The van der Waals surface area contributed by atoms with Crippen molar-refractivity contribution in [3.63, 3.8) is 0 Å². The average Bonchev–Trinajstić information content (AvgIpc) is 3.14. The smallest absolute Gasteiger partial charge is 0.407 e. The van der Waals surface area contributed by atoms with Crippen LogP contribution in [0.25, 0.3) is 0 Å². The Morgan fingerprint density at radius 3 is 2.41 bits per heavy atom. The predicted octanol–water partition coefficient (Wildman–Crippen LogP) is 3.58. The molecule has 2 saturated heterocycles. The topological polar surface area (TPSA) is 122 Å². The lowest BCUT2D eigenvalue weighted by atomic mass is 9.82. The molecular formula is C31H42N6O4. The van der Waals surface area contributed by atoms with Crippen LogP contribution in [0, 0.1) is 5.92 Å². The summed E-state index contributed by atoms with van der Waals surface area (Å²) in [6.45, 7) is 2.11. The van der Waals surface area contributed by atoms with Crippen LogP contribution in [0.4, 0.5) is 21.0 Å². The van der Waals surface area contributed by atoms with E-state index in [9.17, 15) is 19.5 Å². The number of nitrogens with one attached hydrogen (secondary N) is 1. The standard InChI is InChI=1S/C31H42N6O4/c1-34(2)24-12-15-35(16-13-24)29(38)26(19-21-7-9-23(32)10-8-21)28-20-25(14-18-37(28)31(40)41)36-17-11-22-5-3-4-6-27(22)33-30(36)39/h3-10,24-26,28H,11-20,32H2,1-2H3,(H,33,39)(H,40,41)/t25?,26?,28-/m1/s1. The second-order valence-electron chi connectivity index (χ2n) is 11.8. The Morgan fingerprint density at radius 1 is 1.02 bits per heavy atom. The quantitative estimate of drug-likeness (QED) is 0.463. The third-order valence-corrected chi connectivity index (χ3v) is 9.17. The molecule has 41 heavy (non-hydrogen) atoms. The summed E-state index contributed by atoms with van der Waals surface area (Å²) in [5.74, 6) is -0.579. The van der Waals surface area contributed by atoms with E-state index in [4.69, 9.17) is 5.73 Å². The molecule has 0 saturated carbocycles. The van der Waals surface area contributed by atoms with Gasteiger partial charge in [0.1, 0.15) is 0 Å². The Hall–Kier alpha value is -3.79. The Labute approximate surface area is 242 Å². The monoisotopic (exact) mass is 562 g/mol. The highest BCUT2D eigenvalue weighted by atomic mass is 16.4. The van der Waals surface area contributed by atoms with E-state index in [0.29, 0.717) is 57.0 Å². The molecule has 5 rings (SSSR count). The lowest BCUT2D eigenvalue weighted by Crippen LogP contribution is -2.59. The van der Waals surface area contributed by atoms with Crippen molar-refractivity contribution >= 4 is 29.4 Å². The largest absolute Gasteiger partial charge is 0.465 e. The third kappa shape index (κ3) is 6.43. The van der Waals surface area contributed by atoms with E-state index in [1.807, 2.05) is 58.3 Å². The zero-order valence-corrected chi connectivity index (χ0v) is 24.0. The molecule has 220 valence electrons. The number of urea groups is 1. The molecule has 3 aliphatic rings. The number of piperidine rings is 2. The maximum Gasteiger partial charge on any atom is 0.407 e. The van der Waals surface area contributed by atoms with Crippen molar-refractivity contribution in [2.24, 2.45) is 5.92 Å². The molecule has 10 heteroatoms. The van der Waals surface area contributed by atoms with Gasteiger partial charge in [-0.3, -0.25) is 4.79 Å². The Kier molecular flexibility index (Phi) is 8.68. The van der Waals surface area contributed by atoms with E-state index in [-0.39, 0.29) is 24.5 Å². The molecular weight excluding hydrogens is 520 g/mol. The van der Waals surface area contributed by atoms with Crippen LogP contribution in [-0.4, -0.2) is 101 Å². The summed E-state index contributed by atoms with van der Waals surface area (Å²) in [6, 6.07) is 14.8. The Morgan fingerprint density at radius 2 is 1.73 bits per heavy atom. The number of rotatable bonds is 6. The molecule has 0 radical (unpaired) electrons. The normalized spacial score (nSPS) is 22.6. The molecule has 3 aliphatic heterocycles. The third-order valence-electron chi connectivity index (χ3n) is 9.17. The minimum Gasteiger partial charge on any atom is -0.465 e. The van der Waals surface area contributed by atoms with Gasteiger partial charge in [0.05, 0.1) is 5.92 Å². The molecule has 0 spiro atoms. The van der Waals surface area contributed by atoms with Crippen molar-refractivity contribution < 1.29 is 19.5 Å². The number of nitrogen functional groups attached to an aromatic ring is 1. The summed E-state index contributed by atoms with van der Waals surface area (Å²) in [4.78, 5) is 47.5. The summed E-state index contributed by atoms with van der Waals surface area (Å²) < 4.78 is 0. The van der Waals surface area contributed by atoms with Crippen molar-refractivity contribution in [1.82, 2.24) is 19.6 Å². The Bertz CT molecular complexity index is 1240. The van der Waals surface area contributed by atoms with Gasteiger partial charge in [-0.05, 0) is 81.9 Å². The van der Waals surface area contributed by atoms with E-state index in [1.54, 1.807) is 0 Å². The van der Waals surface area contributed by atoms with E-state index in [0.717, 1.165) is 29.7 Å². The van der Waals surface area contributed by atoms with Crippen LogP contribution in [0.15, 0.2) is 48.5 Å². The van der Waals surface area contributed by atoms with Crippen molar-refractivity contribution in [2.75, 3.05) is 51.3 Å². The van der Waals surface area contributed by atoms with Gasteiger partial charge in [0, 0.05) is 55.7 Å². The number of amides is 4. The number of carbonyl (C=O) groups excluding carboxylic acids is 2. The highest BCUT2D eigenvalue weighted by molar-refractivity contribution is 5.91. The molecule has 0 aromatic heterocycles. The number of nitrogens with two attached hydrogens (primary N) is 1. The lowest BCUT2D eigenvalue weighted by Gasteiger charge is -2.46. The molecule has 2 aromatic rings. The fourth-order valence-corrected chi connectivity index (χ4v) is 6.75. The fourth-order valence-electron chi connectivity index (χ4n) is 6.75. The number of benzene rings is 2. The SMILES string of the molecule is CN(C)C1CCN(C(=O)C(Cc2ccc(N)cc2)[C@H]2CC(N3CCc4ccccc4NC3=O)CCN2C(=O)O)CC1. The van der Waals surface area contributed by atoms with E-state index < -0.39 is 18.1 Å². The van der Waals surface area contributed by atoms with Crippen molar-refractivity contribution in [1.29, 1.82) is 0 Å². The van der Waals surface area contributed by atoms with Crippen LogP contribution >= 0.6 is 0 Å². The number of anilines is 2. The number of para-hydroxylation sites is 1. The van der Waals surface area contributed by atoms with Gasteiger partial charge in [-0.25, -0.2) is 9.59 Å². The first-order valence-corrected chi connectivity index (χ1v) is 14.7. The van der Waals surface area contributed by atoms with Crippen molar-refractivity contribution in [3.05, 3.63) is 59.7 Å². The number of carbonyl (C=O) groups is 3. The fraction of sp³-hybridized carbons (Fsp3) is 0.516. The average molecular weight is 563 g/mol. The molecule has 0 bridgehead atoms. The van der Waals surface area contributed by atoms with Gasteiger partial charge in [0.15, 0.2) is 0 Å². The highest BCUT2D eigenvalue weighted by Gasteiger charge is 2.44. The zero-order chi connectivity index (χ0) is 29.1. The number of nitrogens with zero attached hydrogens (tertiary/aromatic N) is 4. The van der Waals surface area contributed by atoms with E-state index in [1.165, 1.54) is 4.90 Å². The second-order valence-corrected chi connectivity index (χ2v) is 11.8. The number of carboxylic acid groups (broad SMARTS) is 1. The molecule has 3 heterocycles. The molecule has 0 aliphatic carbocycles. The highest BCUT2D eigenvalue weighted by Crippen LogP contribution is 2.33. The first-order valence-electron chi connectivity index (χ1n) is 14.7. The number of hydrogen-bond acceptors (Lipinski definition) is 5. The van der Waals surface area contributed by atoms with Crippen LogP contribution in [0.1, 0.15) is 36.8 Å². The van der Waals surface area contributed by atoms with E-state index in [2.05, 4.69) is 24.3 Å². The summed E-state index contributed by atoms with van der Waals surface area (Å²) in [7, 11) is 4.13. The molecule has 2 unspecified atom stereocenters. The van der Waals surface area contributed by atoms with E-state index >= 15 is 0 Å². The molecule has 4 amide bonds. The van der Waals surface area contributed by atoms with Crippen LogP contribution in [0.3, 0.4) is 0 Å². The van der Waals surface area contributed by atoms with Crippen LogP contribution in [0.2, 0.25) is 0 Å². The zero-order valence-electron chi connectivity index (χ0n) is 24.0. The Balaban J connectivity index is 1.41. The summed E-state index contributed by atoms with van der Waals surface area (Å²) >= 11 is 0. The van der Waals surface area contributed by atoms with Gasteiger partial charge in [-0.2, -0.15) is 0 Å². The maximum absolute atomic E-state index is 14.2. The predicted molar refractivity (Wildman–Crippen MR) is 159 cm³/mol. The van der Waals surface area contributed by atoms with Crippen molar-refractivity contribution in [2.45, 2.75) is 56.7 Å². The molecule has 2 aromatic carbocycles. The molecule has 3 atom stereocenters. The minimum atomic E-state index is -1.03. The number of fused-ring (bicyclic) bond motifs is 1. The lowest BCUT2D eigenvalue weighted by molar-refractivity contribution is -0.140. The first-order chi connectivity index (χ1) is 19.7. The first kappa shape index (κ1) is 28.7. The maximum atomic E-state index is 14.2. The summed E-state index contributed by atoms with van der Waals surface area (Å²) in [5, 5.41) is 13.3. The van der Waals surface area contributed by atoms with Gasteiger partial charge in [-0.1, -0.05) is 30.3 Å². The number of hydrogen-bond donors (Lipinski definition) is 3. The van der Waals surface area contributed by atoms with Crippen LogP contribution < -0.4 is 11.1 Å². The molecule has 2 fully saturated rings. The van der Waals surface area contributed by atoms with Crippen molar-refractivity contribution in [3.8, 4) is 0 Å². The van der Waals surface area contributed by atoms with Gasteiger partial charge in [0.25, 0.3) is 0 Å². The van der Waals surface area contributed by atoms with Gasteiger partial charge >= 0.3 is 12.1 Å². The second kappa shape index (κ2) is 12.4. The van der Waals surface area contributed by atoms with Gasteiger partial charge in [-0.15, -0.1) is 0 Å². The molecule has 4 N–H and O–H groups in total. The van der Waals surface area contributed by atoms with Gasteiger partial charge in [0.2, 0.25) is 5.91 Å². The van der Waals surface area contributed by atoms with Crippen LogP contribution in [-0.2, 0) is 17.6 Å². The summed E-state index contributed by atoms with van der Waals surface area (Å²) in [5.41, 5.74) is 9.41. The summed E-state index contributed by atoms with van der Waals surface area (Å²) in [6.07, 6.45) is 2.82. The minimum absolute atomic E-state index is 0.0105. The number of likely N-dealkylation sites (tertiary alicyclic amines) is 2. The molecule has 10 nitrogen and oxygen atoms in total. The van der Waals surface area contributed by atoms with Crippen LogP contribution in [0.5, 0.6) is 0 Å².